The van der Waals surface area contributed by atoms with Gasteiger partial charge in [-0.3, -0.25) is 0 Å². The molecule has 2 aromatic carbocycles. The minimum absolute atomic E-state index is 0.0323. The standard InChI is InChI=1S/C20H15S3/c1-3-8-17(9-4-1)23(18-10-5-2-6-11-18)20-14-16(15-22-20)19-12-7-13-21-19/h1-15H/q+1. The lowest BCUT2D eigenvalue weighted by molar-refractivity contribution is 1.36. The summed E-state index contributed by atoms with van der Waals surface area (Å²) in [6, 6.07) is 28.3. The van der Waals surface area contributed by atoms with Crippen LogP contribution in [-0.2, 0) is 10.9 Å². The van der Waals surface area contributed by atoms with E-state index in [-0.39, 0.29) is 10.9 Å². The molecule has 0 bridgehead atoms. The van der Waals surface area contributed by atoms with Crippen molar-refractivity contribution in [1.29, 1.82) is 0 Å². The SMILES string of the molecule is c1ccc([S+](c2ccccc2)c2cc(-c3cccs3)cs2)cc1. The van der Waals surface area contributed by atoms with E-state index >= 15 is 0 Å². The van der Waals surface area contributed by atoms with Crippen LogP contribution in [0.4, 0.5) is 0 Å². The van der Waals surface area contributed by atoms with Gasteiger partial charge in [0, 0.05) is 21.9 Å². The van der Waals surface area contributed by atoms with Gasteiger partial charge < -0.3 is 0 Å². The maximum atomic E-state index is 2.36. The van der Waals surface area contributed by atoms with Gasteiger partial charge in [0.05, 0.1) is 0 Å². The van der Waals surface area contributed by atoms with Gasteiger partial charge in [-0.1, -0.05) is 53.8 Å². The van der Waals surface area contributed by atoms with E-state index in [2.05, 4.69) is 89.6 Å². The molecule has 3 heteroatoms. The minimum atomic E-state index is -0.0323. The molecule has 2 aromatic heterocycles. The fourth-order valence-corrected chi connectivity index (χ4v) is 6.85. The molecule has 0 radical (unpaired) electrons. The summed E-state index contributed by atoms with van der Waals surface area (Å²) >= 11 is 3.67. The van der Waals surface area contributed by atoms with Crippen molar-refractivity contribution in [3.05, 3.63) is 89.6 Å². The molecule has 2 heterocycles. The molecule has 0 fully saturated rings. The van der Waals surface area contributed by atoms with E-state index in [0.717, 1.165) is 0 Å². The van der Waals surface area contributed by atoms with Crippen LogP contribution in [0.25, 0.3) is 10.4 Å². The monoisotopic (exact) mass is 351 g/mol. The number of benzene rings is 2. The van der Waals surface area contributed by atoms with Crippen LogP contribution < -0.4 is 0 Å². The van der Waals surface area contributed by atoms with Crippen LogP contribution in [0.1, 0.15) is 0 Å². The average Bonchev–Trinajstić information content (AvgIpc) is 3.29. The molecule has 0 aliphatic heterocycles. The first-order valence-corrected chi connectivity index (χ1v) is 10.4. The summed E-state index contributed by atoms with van der Waals surface area (Å²) < 4.78 is 1.42. The molecule has 4 aromatic rings. The zero-order valence-electron chi connectivity index (χ0n) is 12.4. The summed E-state index contributed by atoms with van der Waals surface area (Å²) in [5.41, 5.74) is 1.34. The third-order valence-corrected chi connectivity index (χ3v) is 7.98. The van der Waals surface area contributed by atoms with Gasteiger partial charge >= 0.3 is 0 Å². The molecule has 23 heavy (non-hydrogen) atoms. The summed E-state index contributed by atoms with van der Waals surface area (Å²) in [7, 11) is -0.0323. The van der Waals surface area contributed by atoms with Gasteiger partial charge in [-0.05, 0) is 35.7 Å². The molecule has 0 saturated carbocycles. The van der Waals surface area contributed by atoms with Crippen LogP contribution in [0.5, 0.6) is 0 Å². The molecule has 0 spiro atoms. The van der Waals surface area contributed by atoms with Gasteiger partial charge in [0.15, 0.2) is 9.79 Å². The van der Waals surface area contributed by atoms with Gasteiger partial charge in [0.25, 0.3) is 0 Å². The van der Waals surface area contributed by atoms with Gasteiger partial charge in [-0.2, -0.15) is 0 Å². The summed E-state index contributed by atoms with van der Waals surface area (Å²) in [5, 5.41) is 4.42. The molecule has 0 N–H and O–H groups in total. The molecule has 4 rings (SSSR count). The highest BCUT2D eigenvalue weighted by Gasteiger charge is 2.30. The van der Waals surface area contributed by atoms with E-state index in [1.165, 1.54) is 24.4 Å². The first-order chi connectivity index (χ1) is 11.4. The molecule has 0 aliphatic carbocycles. The normalized spacial score (nSPS) is 11.0. The van der Waals surface area contributed by atoms with Crippen molar-refractivity contribution < 1.29 is 0 Å². The van der Waals surface area contributed by atoms with E-state index in [0.29, 0.717) is 0 Å². The molecule has 0 nitrogen and oxygen atoms in total. The lowest BCUT2D eigenvalue weighted by Crippen LogP contribution is -2.02. The molecule has 112 valence electrons. The molecule has 0 atom stereocenters. The third-order valence-electron chi connectivity index (χ3n) is 3.54. The highest BCUT2D eigenvalue weighted by molar-refractivity contribution is 7.98. The van der Waals surface area contributed by atoms with Crippen LogP contribution >= 0.6 is 22.7 Å². The zero-order valence-corrected chi connectivity index (χ0v) is 14.8. The average molecular weight is 352 g/mol. The van der Waals surface area contributed by atoms with E-state index in [1.807, 2.05) is 11.3 Å². The van der Waals surface area contributed by atoms with Crippen LogP contribution in [0.15, 0.2) is 104 Å². The van der Waals surface area contributed by atoms with Crippen LogP contribution in [-0.4, -0.2) is 0 Å². The Morgan fingerprint density at radius 1 is 0.652 bits per heavy atom. The van der Waals surface area contributed by atoms with Crippen LogP contribution in [0.3, 0.4) is 0 Å². The molecule has 0 amide bonds. The van der Waals surface area contributed by atoms with Crippen molar-refractivity contribution in [2.24, 2.45) is 0 Å². The topological polar surface area (TPSA) is 0 Å². The number of rotatable bonds is 4. The zero-order chi connectivity index (χ0) is 15.5. The second kappa shape index (κ2) is 6.75. The van der Waals surface area contributed by atoms with Crippen molar-refractivity contribution in [1.82, 2.24) is 0 Å². The van der Waals surface area contributed by atoms with Gasteiger partial charge in [-0.25, -0.2) is 0 Å². The van der Waals surface area contributed by atoms with Gasteiger partial charge in [0.1, 0.15) is 10.9 Å². The van der Waals surface area contributed by atoms with Crippen molar-refractivity contribution in [3.8, 4) is 10.4 Å². The van der Waals surface area contributed by atoms with Crippen molar-refractivity contribution in [2.45, 2.75) is 14.0 Å². The molecule has 0 saturated heterocycles. The Kier molecular flexibility index (Phi) is 4.33. The second-order valence-electron chi connectivity index (χ2n) is 5.06. The Balaban J connectivity index is 1.80. The van der Waals surface area contributed by atoms with Gasteiger partial charge in [0.2, 0.25) is 4.21 Å². The lowest BCUT2D eigenvalue weighted by Gasteiger charge is -2.05. The maximum Gasteiger partial charge on any atom is 0.221 e. The highest BCUT2D eigenvalue weighted by Crippen LogP contribution is 2.38. The molecular weight excluding hydrogens is 336 g/mol. The van der Waals surface area contributed by atoms with E-state index in [4.69, 9.17) is 0 Å². The van der Waals surface area contributed by atoms with E-state index in [9.17, 15) is 0 Å². The quantitative estimate of drug-likeness (QED) is 0.365. The second-order valence-corrected chi connectivity index (χ2v) is 9.18. The fraction of sp³-hybridized carbons (Fsp3) is 0. The summed E-state index contributed by atoms with van der Waals surface area (Å²) in [5.74, 6) is 0. The smallest absolute Gasteiger partial charge is 0.144 e. The van der Waals surface area contributed by atoms with Crippen molar-refractivity contribution >= 4 is 33.6 Å². The third kappa shape index (κ3) is 3.13. The molecule has 0 aliphatic rings. The Bertz CT molecular complexity index is 822. The Morgan fingerprint density at radius 3 is 1.87 bits per heavy atom. The highest BCUT2D eigenvalue weighted by atomic mass is 32.2. The first-order valence-electron chi connectivity index (χ1n) is 7.38. The summed E-state index contributed by atoms with van der Waals surface area (Å²) in [6.45, 7) is 0. The largest absolute Gasteiger partial charge is 0.221 e. The summed E-state index contributed by atoms with van der Waals surface area (Å²) in [4.78, 5) is 4.09. The van der Waals surface area contributed by atoms with Gasteiger partial charge in [-0.15, -0.1) is 11.3 Å². The lowest BCUT2D eigenvalue weighted by atomic mass is 10.3. The predicted molar refractivity (Wildman–Crippen MR) is 103 cm³/mol. The Hall–Kier alpha value is -1.81. The summed E-state index contributed by atoms with van der Waals surface area (Å²) in [6.07, 6.45) is 0. The number of thiophene rings is 2. The molecule has 0 unspecified atom stereocenters. The predicted octanol–water partition coefficient (Wildman–Crippen LogP) is 6.57. The first kappa shape index (κ1) is 14.8. The van der Waals surface area contributed by atoms with E-state index in [1.54, 1.807) is 11.3 Å². The Morgan fingerprint density at radius 2 is 1.30 bits per heavy atom. The maximum absolute atomic E-state index is 2.36. The van der Waals surface area contributed by atoms with Crippen molar-refractivity contribution in [3.63, 3.8) is 0 Å². The fourth-order valence-electron chi connectivity index (χ4n) is 2.48. The van der Waals surface area contributed by atoms with Crippen molar-refractivity contribution in [2.75, 3.05) is 0 Å². The Labute approximate surface area is 147 Å². The van der Waals surface area contributed by atoms with E-state index < -0.39 is 0 Å². The minimum Gasteiger partial charge on any atom is -0.144 e. The number of hydrogen-bond donors (Lipinski definition) is 0. The van der Waals surface area contributed by atoms with Crippen LogP contribution in [0, 0.1) is 0 Å². The van der Waals surface area contributed by atoms with Crippen LogP contribution in [0.2, 0.25) is 0 Å². The number of hydrogen-bond acceptors (Lipinski definition) is 2. The molecular formula is C20H15S3+.